The molecular formula is C19H26FNO8. The summed E-state index contributed by atoms with van der Waals surface area (Å²) in [6.45, 7) is 0.218. The van der Waals surface area contributed by atoms with Crippen LogP contribution in [-0.2, 0) is 25.5 Å². The second-order valence-corrected chi connectivity index (χ2v) is 6.99. The van der Waals surface area contributed by atoms with Gasteiger partial charge in [-0.05, 0) is 24.1 Å². The second-order valence-electron chi connectivity index (χ2n) is 6.99. The summed E-state index contributed by atoms with van der Waals surface area (Å²) in [4.78, 5) is 23.9. The van der Waals surface area contributed by atoms with Crippen LogP contribution in [0.25, 0.3) is 0 Å². The van der Waals surface area contributed by atoms with Crippen LogP contribution in [0.3, 0.4) is 0 Å². The van der Waals surface area contributed by atoms with Crippen molar-refractivity contribution in [3.8, 4) is 5.75 Å². The van der Waals surface area contributed by atoms with Gasteiger partial charge in [-0.1, -0.05) is 19.1 Å². The molecule has 0 radical (unpaired) electrons. The average molecular weight is 415 g/mol. The van der Waals surface area contributed by atoms with Crippen molar-refractivity contribution in [2.75, 3.05) is 13.3 Å². The lowest BCUT2D eigenvalue weighted by Crippen LogP contribution is -2.58. The van der Waals surface area contributed by atoms with E-state index < -0.39 is 42.8 Å². The zero-order valence-corrected chi connectivity index (χ0v) is 16.0. The van der Waals surface area contributed by atoms with E-state index in [2.05, 4.69) is 0 Å². The van der Waals surface area contributed by atoms with Gasteiger partial charge in [0.25, 0.3) is 0 Å². The van der Waals surface area contributed by atoms with Crippen molar-refractivity contribution in [3.05, 3.63) is 29.8 Å². The van der Waals surface area contributed by atoms with Gasteiger partial charge in [0.1, 0.15) is 36.3 Å². The molecule has 5 atom stereocenters. The van der Waals surface area contributed by atoms with Gasteiger partial charge in [-0.15, -0.1) is 0 Å². The number of rotatable bonds is 8. The lowest BCUT2D eigenvalue weighted by molar-refractivity contribution is -0.265. The third kappa shape index (κ3) is 5.94. The average Bonchev–Trinajstić information content (AvgIpc) is 2.70. The van der Waals surface area contributed by atoms with Crippen LogP contribution >= 0.6 is 0 Å². The summed E-state index contributed by atoms with van der Waals surface area (Å²) in [5.41, 5.74) is 4.29. The Morgan fingerprint density at radius 3 is 2.48 bits per heavy atom. The lowest BCUT2D eigenvalue weighted by atomic mass is 9.93. The van der Waals surface area contributed by atoms with Crippen LogP contribution in [0.1, 0.15) is 25.3 Å². The molecule has 0 spiro atoms. The molecule has 0 amide bonds. The van der Waals surface area contributed by atoms with E-state index in [4.69, 9.17) is 19.9 Å². The molecule has 1 aliphatic rings. The highest BCUT2D eigenvalue weighted by Crippen LogP contribution is 2.22. The molecule has 10 heteroatoms. The fourth-order valence-corrected chi connectivity index (χ4v) is 2.71. The third-order valence-corrected chi connectivity index (χ3v) is 4.45. The van der Waals surface area contributed by atoms with Crippen LogP contribution in [0.15, 0.2) is 24.3 Å². The first-order valence-electron chi connectivity index (χ1n) is 9.21. The molecule has 1 saturated heterocycles. The first-order valence-corrected chi connectivity index (χ1v) is 9.21. The first-order chi connectivity index (χ1) is 13.7. The summed E-state index contributed by atoms with van der Waals surface area (Å²) in [5, 5.41) is 28.9. The number of hydrogen-bond acceptors (Lipinski definition) is 9. The van der Waals surface area contributed by atoms with E-state index in [1.165, 1.54) is 24.3 Å². The Kier molecular flexibility index (Phi) is 8.05. The minimum absolute atomic E-state index is 0.237. The van der Waals surface area contributed by atoms with E-state index in [-0.39, 0.29) is 25.4 Å². The lowest BCUT2D eigenvalue weighted by Gasteiger charge is -2.36. The number of carbonyl (C=O) groups excluding carboxylic acids is 2. The Hall–Kier alpha value is -2.11. The number of nitrogens with two attached hydrogens (primary N) is 1. The Morgan fingerprint density at radius 2 is 1.90 bits per heavy atom. The number of carbonyl (C=O) groups is 2. The molecule has 162 valence electrons. The summed E-state index contributed by atoms with van der Waals surface area (Å²) in [7, 11) is 0. The summed E-state index contributed by atoms with van der Waals surface area (Å²) in [6.07, 6.45) is -5.52. The zero-order valence-electron chi connectivity index (χ0n) is 16.0. The molecular weight excluding hydrogens is 389 g/mol. The molecule has 29 heavy (non-hydrogen) atoms. The molecule has 2 rings (SSSR count). The molecule has 0 saturated carbocycles. The molecule has 1 heterocycles. The normalized spacial score (nSPS) is 26.4. The molecule has 1 aromatic carbocycles. The fourth-order valence-electron chi connectivity index (χ4n) is 2.71. The topological polar surface area (TPSA) is 149 Å². The van der Waals surface area contributed by atoms with Crippen molar-refractivity contribution in [3.63, 3.8) is 0 Å². The minimum Gasteiger partial charge on any atom is -0.431 e. The molecule has 1 aliphatic heterocycles. The van der Waals surface area contributed by atoms with Gasteiger partial charge in [0, 0.05) is 12.8 Å². The van der Waals surface area contributed by atoms with Crippen LogP contribution < -0.4 is 10.5 Å². The highest BCUT2D eigenvalue weighted by molar-refractivity contribution is 5.81. The summed E-state index contributed by atoms with van der Waals surface area (Å²) in [6, 6.07) is 6.06. The highest BCUT2D eigenvalue weighted by Gasteiger charge is 2.44. The smallest absolute Gasteiger partial charge is 0.331 e. The van der Waals surface area contributed by atoms with Gasteiger partial charge in [-0.25, -0.2) is 9.18 Å². The zero-order chi connectivity index (χ0) is 21.6. The molecule has 5 N–H and O–H groups in total. The quantitative estimate of drug-likeness (QED) is 0.328. The van der Waals surface area contributed by atoms with Gasteiger partial charge in [0.05, 0.1) is 6.61 Å². The Morgan fingerprint density at radius 1 is 1.24 bits per heavy atom. The number of ether oxygens (including phenoxy) is 3. The van der Waals surface area contributed by atoms with E-state index in [9.17, 15) is 29.3 Å². The molecule has 0 bridgehead atoms. The Bertz CT molecular complexity index is 700. The molecule has 1 fully saturated rings. The largest absolute Gasteiger partial charge is 0.431 e. The first kappa shape index (κ1) is 23.2. The third-order valence-electron chi connectivity index (χ3n) is 4.45. The predicted molar refractivity (Wildman–Crippen MR) is 97.4 cm³/mol. The molecule has 0 unspecified atom stereocenters. The predicted octanol–water partition coefficient (Wildman–Crippen LogP) is -0.416. The van der Waals surface area contributed by atoms with Gasteiger partial charge in [-0.2, -0.15) is 0 Å². The summed E-state index contributed by atoms with van der Waals surface area (Å²) < 4.78 is 28.7. The van der Waals surface area contributed by atoms with Gasteiger partial charge in [0.15, 0.2) is 0 Å². The number of hydrogen-bond donors (Lipinski definition) is 4. The fraction of sp³-hybridized carbons (Fsp3) is 0.579. The van der Waals surface area contributed by atoms with Crippen LogP contribution in [0.2, 0.25) is 0 Å². The Labute approximate surface area is 167 Å². The molecule has 0 aliphatic carbocycles. The number of halogens is 1. The van der Waals surface area contributed by atoms with E-state index in [1.54, 1.807) is 0 Å². The Balaban J connectivity index is 2.01. The second kappa shape index (κ2) is 10.1. The van der Waals surface area contributed by atoms with E-state index in [1.807, 2.05) is 6.92 Å². The van der Waals surface area contributed by atoms with Gasteiger partial charge < -0.3 is 35.3 Å². The summed E-state index contributed by atoms with van der Waals surface area (Å²) >= 11 is 0. The maximum atomic E-state index is 13.6. The number of aliphatic hydroxyl groups excluding tert-OH is 3. The maximum absolute atomic E-state index is 13.6. The van der Waals surface area contributed by atoms with Crippen LogP contribution in [0.5, 0.6) is 5.75 Å². The van der Waals surface area contributed by atoms with Crippen LogP contribution in [-0.4, -0.2) is 70.7 Å². The van der Waals surface area contributed by atoms with E-state index >= 15 is 0 Å². The summed E-state index contributed by atoms with van der Waals surface area (Å²) in [5.74, 6) is -1.24. The standard InChI is InChI=1S/C19H26FNO8/c1-2-3-14(23)28-12-6-4-11(5-7-12)8-19(21,10-20)18(26)29-17-16(25)15(24)13(22)9-27-17/h4-7,13,15-17,22,24-25H,2-3,8-10,21H2,1H3/t13-,15+,16-,17+,19-/m1/s1. The number of aliphatic hydroxyl groups is 3. The van der Waals surface area contributed by atoms with Crippen molar-refractivity contribution in [2.24, 2.45) is 5.73 Å². The van der Waals surface area contributed by atoms with Gasteiger partial charge in [0.2, 0.25) is 6.29 Å². The maximum Gasteiger partial charge on any atom is 0.331 e. The number of alkyl halides is 1. The van der Waals surface area contributed by atoms with Crippen molar-refractivity contribution >= 4 is 11.9 Å². The molecule has 9 nitrogen and oxygen atoms in total. The molecule has 1 aromatic rings. The molecule has 0 aromatic heterocycles. The van der Waals surface area contributed by atoms with Crippen LogP contribution in [0, 0.1) is 0 Å². The van der Waals surface area contributed by atoms with Crippen molar-refractivity contribution in [2.45, 2.75) is 56.3 Å². The number of benzene rings is 1. The van der Waals surface area contributed by atoms with Crippen molar-refractivity contribution in [1.29, 1.82) is 0 Å². The number of esters is 2. The van der Waals surface area contributed by atoms with Gasteiger partial charge >= 0.3 is 11.9 Å². The van der Waals surface area contributed by atoms with E-state index in [0.717, 1.165) is 0 Å². The SMILES string of the molecule is CCCC(=O)Oc1ccc(C[C@@](N)(CF)C(=O)O[C@@H]2OC[C@@H](O)[C@H](O)[C@H]2O)cc1. The van der Waals surface area contributed by atoms with Crippen molar-refractivity contribution in [1.82, 2.24) is 0 Å². The minimum atomic E-state index is -2.06. The van der Waals surface area contributed by atoms with Gasteiger partial charge in [-0.3, -0.25) is 4.79 Å². The van der Waals surface area contributed by atoms with Crippen molar-refractivity contribution < 1.29 is 43.5 Å². The van der Waals surface area contributed by atoms with Crippen LogP contribution in [0.4, 0.5) is 4.39 Å². The van der Waals surface area contributed by atoms with E-state index in [0.29, 0.717) is 17.7 Å². The highest BCUT2D eigenvalue weighted by atomic mass is 19.1. The monoisotopic (exact) mass is 415 g/mol.